The maximum Gasteiger partial charge on any atom is 0.416 e. The molecule has 0 aliphatic heterocycles. The monoisotopic (exact) mass is 556 g/mol. The maximum absolute atomic E-state index is 12.8. The lowest BCUT2D eigenvalue weighted by Gasteiger charge is -2.13. The second-order valence-electron chi connectivity index (χ2n) is 6.10. The van der Waals surface area contributed by atoms with Crippen LogP contribution in [0.3, 0.4) is 0 Å². The van der Waals surface area contributed by atoms with Gasteiger partial charge in [-0.1, -0.05) is 24.3 Å². The number of rotatable bonds is 7. The molecule has 166 valence electrons. The summed E-state index contributed by atoms with van der Waals surface area (Å²) in [6, 6.07) is 11.4. The van der Waals surface area contributed by atoms with Crippen LogP contribution in [-0.4, -0.2) is 28.0 Å². The van der Waals surface area contributed by atoms with Crippen molar-refractivity contribution < 1.29 is 21.6 Å². The molecule has 2 aromatic rings. The number of sulfonamides is 1. The van der Waals surface area contributed by atoms with Crippen LogP contribution in [0.1, 0.15) is 23.6 Å². The highest BCUT2D eigenvalue weighted by Gasteiger charge is 2.30. The Morgan fingerprint density at radius 2 is 1.70 bits per heavy atom. The maximum atomic E-state index is 12.8. The minimum absolute atomic E-state index is 0. The van der Waals surface area contributed by atoms with E-state index in [1.807, 2.05) is 6.92 Å². The molecule has 6 nitrogen and oxygen atoms in total. The van der Waals surface area contributed by atoms with E-state index >= 15 is 0 Å². The molecule has 3 N–H and O–H groups in total. The van der Waals surface area contributed by atoms with Crippen molar-refractivity contribution in [2.24, 2.45) is 4.99 Å². The first-order valence-electron chi connectivity index (χ1n) is 8.86. The van der Waals surface area contributed by atoms with Crippen molar-refractivity contribution in [3.05, 3.63) is 65.2 Å². The molecule has 30 heavy (non-hydrogen) atoms. The van der Waals surface area contributed by atoms with E-state index in [9.17, 15) is 21.6 Å². The van der Waals surface area contributed by atoms with E-state index in [0.717, 1.165) is 12.1 Å². The molecule has 0 aliphatic carbocycles. The zero-order valence-corrected chi connectivity index (χ0v) is 19.6. The van der Waals surface area contributed by atoms with Crippen LogP contribution in [0.25, 0.3) is 0 Å². The summed E-state index contributed by atoms with van der Waals surface area (Å²) in [6.45, 7) is 2.78. The fraction of sp³-hybridized carbons (Fsp3) is 0.316. The molecule has 0 fully saturated rings. The molecule has 0 radical (unpaired) electrons. The summed E-state index contributed by atoms with van der Waals surface area (Å²) >= 11 is 0. The van der Waals surface area contributed by atoms with Gasteiger partial charge in [-0.15, -0.1) is 24.0 Å². The Bertz CT molecular complexity index is 966. The Balaban J connectivity index is 0.00000450. The van der Waals surface area contributed by atoms with Crippen LogP contribution < -0.4 is 15.4 Å². The van der Waals surface area contributed by atoms with Gasteiger partial charge in [-0.2, -0.15) is 13.2 Å². The molecule has 0 amide bonds. The highest BCUT2D eigenvalue weighted by Crippen LogP contribution is 2.29. The normalized spacial score (nSPS) is 12.2. The predicted molar refractivity (Wildman–Crippen MR) is 121 cm³/mol. The van der Waals surface area contributed by atoms with Crippen LogP contribution in [0.2, 0.25) is 0 Å². The zero-order chi connectivity index (χ0) is 21.5. The smallest absolute Gasteiger partial charge is 0.357 e. The molecule has 0 saturated heterocycles. The van der Waals surface area contributed by atoms with Crippen molar-refractivity contribution in [3.63, 3.8) is 0 Å². The molecule has 0 saturated carbocycles. The predicted octanol–water partition coefficient (Wildman–Crippen LogP) is 3.49. The van der Waals surface area contributed by atoms with Gasteiger partial charge in [-0.3, -0.25) is 0 Å². The van der Waals surface area contributed by atoms with Gasteiger partial charge in [-0.25, -0.2) is 18.1 Å². The first-order chi connectivity index (χ1) is 13.7. The van der Waals surface area contributed by atoms with Crippen molar-refractivity contribution in [2.75, 3.05) is 13.6 Å². The Labute approximate surface area is 191 Å². The van der Waals surface area contributed by atoms with Gasteiger partial charge in [0, 0.05) is 13.1 Å². The molecular weight excluding hydrogens is 532 g/mol. The van der Waals surface area contributed by atoms with E-state index in [0.29, 0.717) is 30.2 Å². The molecule has 0 bridgehead atoms. The lowest BCUT2D eigenvalue weighted by molar-refractivity contribution is -0.137. The first kappa shape index (κ1) is 26.2. The molecule has 0 spiro atoms. The number of aliphatic imine (C=N–C) groups is 1. The van der Waals surface area contributed by atoms with Gasteiger partial charge in [0.1, 0.15) is 0 Å². The number of alkyl halides is 3. The Hall–Kier alpha value is -1.86. The first-order valence-corrected chi connectivity index (χ1v) is 10.3. The number of guanidine groups is 1. The van der Waals surface area contributed by atoms with Crippen LogP contribution in [0.4, 0.5) is 13.2 Å². The molecule has 0 aromatic heterocycles. The van der Waals surface area contributed by atoms with E-state index in [-0.39, 0.29) is 35.4 Å². The van der Waals surface area contributed by atoms with Crippen LogP contribution in [-0.2, 0) is 29.3 Å². The van der Waals surface area contributed by atoms with E-state index in [1.165, 1.54) is 25.2 Å². The van der Waals surface area contributed by atoms with Crippen molar-refractivity contribution in [1.82, 2.24) is 15.4 Å². The third-order valence-corrected chi connectivity index (χ3v) is 5.37. The molecule has 0 heterocycles. The van der Waals surface area contributed by atoms with Gasteiger partial charge in [0.25, 0.3) is 0 Å². The highest BCUT2D eigenvalue weighted by atomic mass is 127. The molecular formula is C19H24F3IN4O2S. The Morgan fingerprint density at radius 3 is 2.33 bits per heavy atom. The van der Waals surface area contributed by atoms with E-state index in [4.69, 9.17) is 0 Å². The second kappa shape index (κ2) is 11.5. The minimum atomic E-state index is -4.40. The summed E-state index contributed by atoms with van der Waals surface area (Å²) in [4.78, 5) is 4.45. The van der Waals surface area contributed by atoms with Crippen molar-refractivity contribution in [1.29, 1.82) is 0 Å². The third kappa shape index (κ3) is 7.76. The third-order valence-electron chi connectivity index (χ3n) is 3.96. The highest BCUT2D eigenvalue weighted by molar-refractivity contribution is 14.0. The minimum Gasteiger partial charge on any atom is -0.357 e. The average Bonchev–Trinajstić information content (AvgIpc) is 2.70. The largest absolute Gasteiger partial charge is 0.416 e. The standard InChI is InChI=1S/C19H23F3N4O2S.HI/c1-3-24-18(25-12-14-6-4-8-16(10-14)19(20,21)22)26-13-15-7-5-9-17(11-15)29(27,28)23-2;/h4-11,23H,3,12-13H2,1-2H3,(H2,24,25,26);1H. The fourth-order valence-electron chi connectivity index (χ4n) is 2.48. The number of hydrogen-bond donors (Lipinski definition) is 3. The van der Waals surface area contributed by atoms with Crippen molar-refractivity contribution in [2.45, 2.75) is 31.1 Å². The molecule has 2 aromatic carbocycles. The lowest BCUT2D eigenvalue weighted by Crippen LogP contribution is -2.36. The number of halogens is 4. The van der Waals surface area contributed by atoms with Gasteiger partial charge in [-0.05, 0) is 49.4 Å². The fourth-order valence-corrected chi connectivity index (χ4v) is 3.28. The van der Waals surface area contributed by atoms with Gasteiger partial charge >= 0.3 is 6.18 Å². The average molecular weight is 556 g/mol. The zero-order valence-electron chi connectivity index (χ0n) is 16.5. The summed E-state index contributed by atoms with van der Waals surface area (Å²) in [5.41, 5.74) is 0.427. The summed E-state index contributed by atoms with van der Waals surface area (Å²) in [5.74, 6) is 0.409. The van der Waals surface area contributed by atoms with Gasteiger partial charge in [0.05, 0.1) is 17.0 Å². The quantitative estimate of drug-likeness (QED) is 0.277. The van der Waals surface area contributed by atoms with E-state index in [1.54, 1.807) is 18.2 Å². The van der Waals surface area contributed by atoms with Gasteiger partial charge < -0.3 is 10.6 Å². The molecule has 11 heteroatoms. The number of nitrogens with one attached hydrogen (secondary N) is 3. The Kier molecular flexibility index (Phi) is 10.0. The van der Waals surface area contributed by atoms with Crippen molar-refractivity contribution in [3.8, 4) is 0 Å². The van der Waals surface area contributed by atoms with E-state index < -0.39 is 21.8 Å². The number of hydrogen-bond acceptors (Lipinski definition) is 3. The lowest BCUT2D eigenvalue weighted by atomic mass is 10.1. The topological polar surface area (TPSA) is 82.6 Å². The van der Waals surface area contributed by atoms with Crippen molar-refractivity contribution >= 4 is 40.0 Å². The summed E-state index contributed by atoms with van der Waals surface area (Å²) in [7, 11) is -2.21. The summed E-state index contributed by atoms with van der Waals surface area (Å²) in [5, 5.41) is 6.06. The van der Waals surface area contributed by atoms with Crippen LogP contribution >= 0.6 is 24.0 Å². The van der Waals surface area contributed by atoms with Crippen LogP contribution in [0.5, 0.6) is 0 Å². The SMILES string of the molecule is CCNC(=NCc1cccc(C(F)(F)F)c1)NCc1cccc(S(=O)(=O)NC)c1.I. The van der Waals surface area contributed by atoms with Crippen LogP contribution in [0.15, 0.2) is 58.4 Å². The Morgan fingerprint density at radius 1 is 1.03 bits per heavy atom. The van der Waals surface area contributed by atoms with E-state index in [2.05, 4.69) is 20.3 Å². The second-order valence-corrected chi connectivity index (χ2v) is 7.99. The van der Waals surface area contributed by atoms with Crippen LogP contribution in [0, 0.1) is 0 Å². The number of nitrogens with zero attached hydrogens (tertiary/aromatic N) is 1. The van der Waals surface area contributed by atoms with Gasteiger partial charge in [0.15, 0.2) is 5.96 Å². The molecule has 0 aliphatic rings. The molecule has 0 unspecified atom stereocenters. The summed E-state index contributed by atoms with van der Waals surface area (Å²) in [6.07, 6.45) is -4.40. The molecule has 2 rings (SSSR count). The summed E-state index contributed by atoms with van der Waals surface area (Å²) < 4.78 is 64.6. The number of benzene rings is 2. The van der Waals surface area contributed by atoms with Gasteiger partial charge in [0.2, 0.25) is 10.0 Å². The molecule has 0 atom stereocenters.